The van der Waals surface area contributed by atoms with Crippen LogP contribution in [0.4, 0.5) is 0 Å². The van der Waals surface area contributed by atoms with E-state index in [2.05, 4.69) is 5.32 Å². The summed E-state index contributed by atoms with van der Waals surface area (Å²) in [5.74, 6) is -0.107. The van der Waals surface area contributed by atoms with Crippen LogP contribution in [0.3, 0.4) is 0 Å². The number of aliphatic hydroxyl groups excluding tert-OH is 1. The Bertz CT molecular complexity index is 222. The third kappa shape index (κ3) is 10.8. The molecule has 0 aliphatic heterocycles. The van der Waals surface area contributed by atoms with Crippen LogP contribution in [0.15, 0.2) is 24.3 Å². The molecule has 2 N–H and O–H groups in total. The number of ether oxygens (including phenoxy) is 1. The van der Waals surface area contributed by atoms with E-state index in [4.69, 9.17) is 9.84 Å². The van der Waals surface area contributed by atoms with Crippen molar-refractivity contribution in [2.45, 2.75) is 19.9 Å². The number of aliphatic hydroxyl groups is 1. The van der Waals surface area contributed by atoms with Crippen LogP contribution < -0.4 is 5.32 Å². The van der Waals surface area contributed by atoms with Gasteiger partial charge in [0.25, 0.3) is 0 Å². The minimum atomic E-state index is -0.107. The van der Waals surface area contributed by atoms with Gasteiger partial charge in [0, 0.05) is 6.04 Å². The van der Waals surface area contributed by atoms with Crippen molar-refractivity contribution in [3.8, 4) is 0 Å². The standard InChI is InChI=1S/C11H19NO3/c1-10(2)12-11(14)9-15-8-6-4-3-5-7-13/h3-6,10,13H,7-9H2,1-2H3,(H,12,14)/b5-3+,6-4+. The number of hydrogen-bond donors (Lipinski definition) is 2. The largest absolute Gasteiger partial charge is 0.392 e. The van der Waals surface area contributed by atoms with E-state index in [1.807, 2.05) is 13.8 Å². The van der Waals surface area contributed by atoms with Gasteiger partial charge in [0.05, 0.1) is 13.2 Å². The minimum absolute atomic E-state index is 0.0298. The molecule has 4 heteroatoms. The summed E-state index contributed by atoms with van der Waals surface area (Å²) in [7, 11) is 0. The molecule has 0 spiro atoms. The average molecular weight is 213 g/mol. The summed E-state index contributed by atoms with van der Waals surface area (Å²) in [5, 5.41) is 11.1. The van der Waals surface area contributed by atoms with Crippen LogP contribution in [0.25, 0.3) is 0 Å². The molecule has 0 atom stereocenters. The van der Waals surface area contributed by atoms with Gasteiger partial charge in [0.15, 0.2) is 0 Å². The number of nitrogens with one attached hydrogen (secondary N) is 1. The Morgan fingerprint density at radius 2 is 2.07 bits per heavy atom. The summed E-state index contributed by atoms with van der Waals surface area (Å²) in [6.07, 6.45) is 6.87. The van der Waals surface area contributed by atoms with Gasteiger partial charge in [-0.25, -0.2) is 0 Å². The van der Waals surface area contributed by atoms with E-state index in [0.29, 0.717) is 6.61 Å². The second-order valence-corrected chi connectivity index (χ2v) is 3.28. The Morgan fingerprint density at radius 3 is 2.67 bits per heavy atom. The molecule has 0 rings (SSSR count). The van der Waals surface area contributed by atoms with Crippen molar-refractivity contribution < 1.29 is 14.6 Å². The highest BCUT2D eigenvalue weighted by Gasteiger charge is 2.01. The predicted molar refractivity (Wildman–Crippen MR) is 59.5 cm³/mol. The van der Waals surface area contributed by atoms with Gasteiger partial charge in [-0.05, 0) is 13.8 Å². The molecule has 0 radical (unpaired) electrons. The molecule has 0 fully saturated rings. The maximum Gasteiger partial charge on any atom is 0.246 e. The molecule has 0 bridgehead atoms. The molecule has 15 heavy (non-hydrogen) atoms. The fraction of sp³-hybridized carbons (Fsp3) is 0.545. The number of carbonyl (C=O) groups excluding carboxylic acids is 1. The van der Waals surface area contributed by atoms with E-state index < -0.39 is 0 Å². The Kier molecular flexibility index (Phi) is 8.72. The van der Waals surface area contributed by atoms with Gasteiger partial charge in [0.1, 0.15) is 6.61 Å². The van der Waals surface area contributed by atoms with E-state index in [1.54, 1.807) is 24.3 Å². The second-order valence-electron chi connectivity index (χ2n) is 3.28. The highest BCUT2D eigenvalue weighted by molar-refractivity contribution is 5.77. The lowest BCUT2D eigenvalue weighted by Gasteiger charge is -2.07. The van der Waals surface area contributed by atoms with Gasteiger partial charge in [0.2, 0.25) is 5.91 Å². The zero-order valence-corrected chi connectivity index (χ0v) is 9.27. The van der Waals surface area contributed by atoms with Crippen molar-refractivity contribution in [3.63, 3.8) is 0 Å². The fourth-order valence-electron chi connectivity index (χ4n) is 0.857. The first-order valence-corrected chi connectivity index (χ1v) is 4.96. The monoisotopic (exact) mass is 213 g/mol. The first kappa shape index (κ1) is 13.9. The number of rotatable bonds is 7. The third-order valence-electron chi connectivity index (χ3n) is 1.39. The maximum atomic E-state index is 11.1. The minimum Gasteiger partial charge on any atom is -0.392 e. The summed E-state index contributed by atoms with van der Waals surface area (Å²) in [6, 6.07) is 0.143. The van der Waals surface area contributed by atoms with Crippen LogP contribution in [0.2, 0.25) is 0 Å². The van der Waals surface area contributed by atoms with Crippen molar-refractivity contribution in [3.05, 3.63) is 24.3 Å². The molecule has 0 aliphatic rings. The Morgan fingerprint density at radius 1 is 1.40 bits per heavy atom. The molecular formula is C11H19NO3. The van der Waals surface area contributed by atoms with Gasteiger partial charge in [-0.3, -0.25) is 4.79 Å². The normalized spacial score (nSPS) is 11.7. The third-order valence-corrected chi connectivity index (χ3v) is 1.39. The molecule has 0 heterocycles. The van der Waals surface area contributed by atoms with Crippen LogP contribution in [0.1, 0.15) is 13.8 Å². The van der Waals surface area contributed by atoms with Crippen molar-refractivity contribution in [2.75, 3.05) is 19.8 Å². The molecule has 0 unspecified atom stereocenters. The Hall–Kier alpha value is -1.13. The molecule has 4 nitrogen and oxygen atoms in total. The number of allylic oxidation sites excluding steroid dienone is 2. The summed E-state index contributed by atoms with van der Waals surface area (Å²) in [6.45, 7) is 4.30. The van der Waals surface area contributed by atoms with E-state index in [1.165, 1.54) is 0 Å². The Balaban J connectivity index is 3.42. The van der Waals surface area contributed by atoms with Crippen molar-refractivity contribution in [1.82, 2.24) is 5.32 Å². The highest BCUT2D eigenvalue weighted by Crippen LogP contribution is 1.82. The summed E-state index contributed by atoms with van der Waals surface area (Å²) in [4.78, 5) is 11.1. The van der Waals surface area contributed by atoms with Crippen molar-refractivity contribution in [1.29, 1.82) is 0 Å². The van der Waals surface area contributed by atoms with Crippen molar-refractivity contribution in [2.24, 2.45) is 0 Å². The quantitative estimate of drug-likeness (QED) is 0.482. The zero-order valence-electron chi connectivity index (χ0n) is 9.27. The van der Waals surface area contributed by atoms with Gasteiger partial charge >= 0.3 is 0 Å². The second kappa shape index (κ2) is 9.43. The maximum absolute atomic E-state index is 11.1. The molecular weight excluding hydrogens is 194 g/mol. The number of amides is 1. The summed E-state index contributed by atoms with van der Waals surface area (Å²) < 4.78 is 5.08. The highest BCUT2D eigenvalue weighted by atomic mass is 16.5. The van der Waals surface area contributed by atoms with Crippen LogP contribution in [-0.2, 0) is 9.53 Å². The molecule has 0 saturated carbocycles. The van der Waals surface area contributed by atoms with E-state index >= 15 is 0 Å². The molecule has 1 amide bonds. The molecule has 0 aromatic carbocycles. The smallest absolute Gasteiger partial charge is 0.246 e. The Labute approximate surface area is 90.6 Å². The lowest BCUT2D eigenvalue weighted by molar-refractivity contribution is -0.125. The van der Waals surface area contributed by atoms with Crippen LogP contribution in [0.5, 0.6) is 0 Å². The molecule has 0 aliphatic carbocycles. The van der Waals surface area contributed by atoms with E-state index in [-0.39, 0.29) is 25.2 Å². The lowest BCUT2D eigenvalue weighted by atomic mass is 10.4. The van der Waals surface area contributed by atoms with Gasteiger partial charge in [-0.15, -0.1) is 0 Å². The molecule has 0 aromatic rings. The molecule has 0 aromatic heterocycles. The number of hydrogen-bond acceptors (Lipinski definition) is 3. The first-order valence-electron chi connectivity index (χ1n) is 4.96. The molecule has 0 saturated heterocycles. The zero-order chi connectivity index (χ0) is 11.5. The van der Waals surface area contributed by atoms with Gasteiger partial charge in [-0.1, -0.05) is 24.3 Å². The topological polar surface area (TPSA) is 58.6 Å². The lowest BCUT2D eigenvalue weighted by Crippen LogP contribution is -2.33. The van der Waals surface area contributed by atoms with Gasteiger partial charge in [-0.2, -0.15) is 0 Å². The number of carbonyl (C=O) groups is 1. The van der Waals surface area contributed by atoms with Crippen LogP contribution >= 0.6 is 0 Å². The predicted octanol–water partition coefficient (Wildman–Crippen LogP) is 0.632. The van der Waals surface area contributed by atoms with E-state index in [9.17, 15) is 4.79 Å². The first-order chi connectivity index (χ1) is 7.16. The van der Waals surface area contributed by atoms with Crippen molar-refractivity contribution >= 4 is 5.91 Å². The van der Waals surface area contributed by atoms with Crippen LogP contribution in [-0.4, -0.2) is 36.9 Å². The summed E-state index contributed by atoms with van der Waals surface area (Å²) in [5.41, 5.74) is 0. The van der Waals surface area contributed by atoms with Gasteiger partial charge < -0.3 is 15.2 Å². The molecule has 86 valence electrons. The average Bonchev–Trinajstić information content (AvgIpc) is 2.15. The fourth-order valence-corrected chi connectivity index (χ4v) is 0.857. The van der Waals surface area contributed by atoms with E-state index in [0.717, 1.165) is 0 Å². The summed E-state index contributed by atoms with van der Waals surface area (Å²) >= 11 is 0. The van der Waals surface area contributed by atoms with Crippen LogP contribution in [0, 0.1) is 0 Å². The SMILES string of the molecule is CC(C)NC(=O)COC/C=C/C=C/CO.